The first kappa shape index (κ1) is 45.7. The summed E-state index contributed by atoms with van der Waals surface area (Å²) in [4.78, 5) is 7.08. The maximum absolute atomic E-state index is 7.21. The molecule has 0 bridgehead atoms. The van der Waals surface area contributed by atoms with Crippen molar-refractivity contribution in [2.24, 2.45) is 0 Å². The van der Waals surface area contributed by atoms with Crippen LogP contribution in [0.1, 0.15) is 68.2 Å². The molecule has 0 aliphatic rings. The Morgan fingerprint density at radius 1 is 0.537 bits per heavy atom. The number of thiol groups is 1. The van der Waals surface area contributed by atoms with Crippen LogP contribution in [-0.4, -0.2) is 58.7 Å². The van der Waals surface area contributed by atoms with Crippen LogP contribution in [0.5, 0.6) is 0 Å². The first-order valence-electron chi connectivity index (χ1n) is 18.6. The van der Waals surface area contributed by atoms with Gasteiger partial charge in [-0.1, -0.05) is 184 Å². The highest BCUT2D eigenvalue weighted by molar-refractivity contribution is 8.77. The molecule has 4 aromatic carbocycles. The molecule has 54 heavy (non-hydrogen) atoms. The summed E-state index contributed by atoms with van der Waals surface area (Å²) in [7, 11) is -1.46. The second-order valence-electron chi connectivity index (χ2n) is 16.4. The van der Waals surface area contributed by atoms with Crippen molar-refractivity contribution in [3.63, 3.8) is 0 Å². The molecule has 0 saturated heterocycles. The van der Waals surface area contributed by atoms with Crippen LogP contribution in [0, 0.1) is 13.1 Å². The molecule has 0 aliphatic carbocycles. The molecule has 0 aliphatic heterocycles. The first-order valence-corrected chi connectivity index (χ1v) is 25.4. The van der Waals surface area contributed by atoms with Crippen LogP contribution >= 0.6 is 34.2 Å². The normalized spacial score (nSPS) is 14.4. The summed E-state index contributed by atoms with van der Waals surface area (Å²) in [5.41, 5.74) is 0. The Kier molecular flexibility index (Phi) is 17.3. The first-order chi connectivity index (χ1) is 25.5. The van der Waals surface area contributed by atoms with Gasteiger partial charge in [0.2, 0.25) is 13.1 Å². The van der Waals surface area contributed by atoms with Crippen molar-refractivity contribution in [2.75, 3.05) is 32.6 Å². The summed E-state index contributed by atoms with van der Waals surface area (Å²) in [5, 5.41) is 5.08. The van der Waals surface area contributed by atoms with Gasteiger partial charge in [0.25, 0.3) is 16.6 Å². The lowest BCUT2D eigenvalue weighted by Crippen LogP contribution is -2.67. The quantitative estimate of drug-likeness (QED) is 0.0528. The van der Waals surface area contributed by atoms with Gasteiger partial charge < -0.3 is 18.5 Å². The SMILES string of the molecule is [C-]#[N+]CCC(C)(CO[Si](c1ccccc1)(c1ccccc1)C(C)(C)C)SSC.[C-]#[N+]CCC(C)(S)CO[Si](c1ccccc1)(c1ccccc1)C(C)(C)C. The lowest BCUT2D eigenvalue weighted by molar-refractivity contribution is 0.260. The van der Waals surface area contributed by atoms with E-state index in [1.807, 2.05) is 10.8 Å². The Labute approximate surface area is 343 Å². The van der Waals surface area contributed by atoms with Gasteiger partial charge in [-0.25, -0.2) is 13.1 Å². The monoisotopic (exact) mass is 812 g/mol. The fraction of sp³-hybridized carbons (Fsp3) is 0.422. The van der Waals surface area contributed by atoms with Crippen LogP contribution in [-0.2, 0) is 8.85 Å². The van der Waals surface area contributed by atoms with Crippen molar-refractivity contribution in [1.82, 2.24) is 0 Å². The molecule has 4 rings (SSSR count). The third kappa shape index (κ3) is 11.6. The third-order valence-electron chi connectivity index (χ3n) is 9.83. The van der Waals surface area contributed by atoms with E-state index in [0.29, 0.717) is 26.3 Å². The zero-order chi connectivity index (χ0) is 39.9. The van der Waals surface area contributed by atoms with E-state index in [1.54, 1.807) is 10.8 Å². The zero-order valence-corrected chi connectivity index (χ0v) is 38.3. The average molecular weight is 813 g/mol. The molecule has 0 amide bonds. The van der Waals surface area contributed by atoms with Gasteiger partial charge in [0.15, 0.2) is 0 Å². The standard InChI is InChI=1S/C23H31NOS2Si.C22H29NOSSi/c1-22(2,3)28(20-13-9-7-10-14-20,21-15-11-8-12-16-21)25-19-23(4,27-26-6)17-18-24-5;1-21(2,3)26(19-12-8-6-9-13-19,20-14-10-7-11-15-20)24-18-22(4,25)16-17-23-5/h7-16H,17-19H2,1-4,6H3;6-15,25H,16-18H2,1-4H3. The number of benzene rings is 4. The van der Waals surface area contributed by atoms with E-state index in [-0.39, 0.29) is 19.6 Å². The summed E-state index contributed by atoms with van der Waals surface area (Å²) < 4.78 is 13.6. The minimum atomic E-state index is -2.53. The predicted octanol–water partition coefficient (Wildman–Crippen LogP) is 10.2. The largest absolute Gasteiger partial charge is 0.406 e. The number of nitrogens with zero attached hydrogens (tertiary/aromatic N) is 2. The lowest BCUT2D eigenvalue weighted by atomic mass is 10.1. The molecule has 4 nitrogen and oxygen atoms in total. The summed E-state index contributed by atoms with van der Waals surface area (Å²) in [6.07, 6.45) is 3.65. The summed E-state index contributed by atoms with van der Waals surface area (Å²) in [6.45, 7) is 34.5. The van der Waals surface area contributed by atoms with E-state index in [9.17, 15) is 0 Å². The van der Waals surface area contributed by atoms with Crippen LogP contribution in [0.3, 0.4) is 0 Å². The van der Waals surface area contributed by atoms with E-state index in [1.165, 1.54) is 20.7 Å². The Morgan fingerprint density at radius 3 is 1.15 bits per heavy atom. The smallest absolute Gasteiger partial charge is 0.261 e. The van der Waals surface area contributed by atoms with E-state index in [4.69, 9.17) is 34.6 Å². The van der Waals surface area contributed by atoms with Crippen molar-refractivity contribution < 1.29 is 8.85 Å². The van der Waals surface area contributed by atoms with E-state index in [2.05, 4.69) is 193 Å². The second-order valence-corrected chi connectivity index (χ2v) is 29.0. The van der Waals surface area contributed by atoms with Crippen LogP contribution in [0.2, 0.25) is 10.1 Å². The molecule has 9 heteroatoms. The molecule has 0 N–H and O–H groups in total. The van der Waals surface area contributed by atoms with Gasteiger partial charge >= 0.3 is 0 Å². The van der Waals surface area contributed by atoms with Gasteiger partial charge in [-0.05, 0) is 50.9 Å². The van der Waals surface area contributed by atoms with E-state index < -0.39 is 16.6 Å². The molecule has 288 valence electrons. The Bertz CT molecular complexity index is 1690. The van der Waals surface area contributed by atoms with Gasteiger partial charge in [-0.3, -0.25) is 0 Å². The van der Waals surface area contributed by atoms with Crippen molar-refractivity contribution in [2.45, 2.75) is 87.8 Å². The summed E-state index contributed by atoms with van der Waals surface area (Å²) in [5.74, 6) is 0. The van der Waals surface area contributed by atoms with Gasteiger partial charge in [-0.2, -0.15) is 12.6 Å². The molecule has 2 unspecified atom stereocenters. The minimum Gasteiger partial charge on any atom is -0.406 e. The molecule has 0 radical (unpaired) electrons. The van der Waals surface area contributed by atoms with Crippen LogP contribution < -0.4 is 20.7 Å². The highest BCUT2D eigenvalue weighted by Gasteiger charge is 2.52. The van der Waals surface area contributed by atoms with Crippen LogP contribution in [0.15, 0.2) is 121 Å². The van der Waals surface area contributed by atoms with Crippen molar-refractivity contribution in [1.29, 1.82) is 0 Å². The molecule has 0 spiro atoms. The summed E-state index contributed by atoms with van der Waals surface area (Å²) in [6, 6.07) is 42.7. The fourth-order valence-corrected chi connectivity index (χ4v) is 19.1. The Morgan fingerprint density at radius 2 is 0.852 bits per heavy atom. The molecular weight excluding hydrogens is 753 g/mol. The number of hydrogen-bond donors (Lipinski definition) is 1. The molecule has 2 atom stereocenters. The molecule has 0 heterocycles. The average Bonchev–Trinajstić information content (AvgIpc) is 3.15. The van der Waals surface area contributed by atoms with Crippen molar-refractivity contribution in [3.05, 3.63) is 144 Å². The summed E-state index contributed by atoms with van der Waals surface area (Å²) >= 11 is 4.81. The highest BCUT2D eigenvalue weighted by Crippen LogP contribution is 2.42. The topological polar surface area (TPSA) is 27.2 Å². The van der Waals surface area contributed by atoms with Crippen LogP contribution in [0.4, 0.5) is 0 Å². The van der Waals surface area contributed by atoms with Gasteiger partial charge in [0.1, 0.15) is 0 Å². The second kappa shape index (κ2) is 20.4. The molecule has 0 aromatic heterocycles. The molecule has 4 aromatic rings. The maximum atomic E-state index is 7.21. The van der Waals surface area contributed by atoms with Crippen molar-refractivity contribution >= 4 is 71.6 Å². The Balaban J connectivity index is 0.000000291. The maximum Gasteiger partial charge on any atom is 0.261 e. The molecule has 0 fully saturated rings. The predicted molar refractivity (Wildman–Crippen MR) is 246 cm³/mol. The minimum absolute atomic E-state index is 0.0273. The van der Waals surface area contributed by atoms with Crippen LogP contribution in [0.25, 0.3) is 9.69 Å². The van der Waals surface area contributed by atoms with Crippen molar-refractivity contribution in [3.8, 4) is 0 Å². The van der Waals surface area contributed by atoms with E-state index >= 15 is 0 Å². The highest BCUT2D eigenvalue weighted by atomic mass is 33.1. The van der Waals surface area contributed by atoms with Gasteiger partial charge in [-0.15, -0.1) is 0 Å². The fourth-order valence-electron chi connectivity index (χ4n) is 7.05. The zero-order valence-electron chi connectivity index (χ0n) is 33.8. The number of rotatable bonds is 16. The van der Waals surface area contributed by atoms with E-state index in [0.717, 1.165) is 12.8 Å². The molecule has 0 saturated carbocycles. The molecular formula is C45H60N2O2S3Si2. The number of hydrogen-bond acceptors (Lipinski definition) is 5. The van der Waals surface area contributed by atoms with Gasteiger partial charge in [0, 0.05) is 24.2 Å². The third-order valence-corrected chi connectivity index (χ3v) is 22.7. The lowest BCUT2D eigenvalue weighted by Gasteiger charge is -2.44. The Hall–Kier alpha value is -2.74. The van der Waals surface area contributed by atoms with Gasteiger partial charge in [0.05, 0.1) is 11.4 Å².